The zero-order valence-electron chi connectivity index (χ0n) is 33.0. The fraction of sp³-hybridized carbons (Fsp3) is 0.409. The van der Waals surface area contributed by atoms with Gasteiger partial charge < -0.3 is 14.2 Å². The predicted octanol–water partition coefficient (Wildman–Crippen LogP) is 10.4. The first-order chi connectivity index (χ1) is 25.7. The number of alkyl halides is 2. The third-order valence-electron chi connectivity index (χ3n) is 8.82. The van der Waals surface area contributed by atoms with Gasteiger partial charge in [-0.1, -0.05) is 122 Å². The minimum Gasteiger partial charge on any atom is -0.461 e. The summed E-state index contributed by atoms with van der Waals surface area (Å²) in [5.41, 5.74) is -4.94. The van der Waals surface area contributed by atoms with Crippen LogP contribution in [0.5, 0.6) is 0 Å². The van der Waals surface area contributed by atoms with E-state index in [2.05, 4.69) is 4.74 Å². The Morgan fingerprint density at radius 3 is 1.51 bits per heavy atom. The van der Waals surface area contributed by atoms with Crippen LogP contribution < -0.4 is 0 Å². The largest absolute Gasteiger partial charge is 0.461 e. The molecule has 0 heterocycles. The Labute approximate surface area is 324 Å². The van der Waals surface area contributed by atoms with Crippen molar-refractivity contribution < 1.29 is 46.2 Å². The molecule has 4 aromatic rings. The van der Waals surface area contributed by atoms with E-state index in [1.807, 2.05) is 91.0 Å². The van der Waals surface area contributed by atoms with Gasteiger partial charge in [0.2, 0.25) is 0 Å². The highest BCUT2D eigenvalue weighted by Gasteiger charge is 2.63. The molecule has 0 aliphatic heterocycles. The molecule has 4 aromatic carbocycles. The molecule has 0 aliphatic carbocycles. The molecule has 8 nitrogen and oxygen atoms in total. The van der Waals surface area contributed by atoms with E-state index in [1.54, 1.807) is 48.5 Å². The van der Waals surface area contributed by atoms with Gasteiger partial charge in [0.25, 0.3) is 5.52 Å². The Hall–Kier alpha value is -4.05. The second-order valence-corrected chi connectivity index (χ2v) is 17.4. The van der Waals surface area contributed by atoms with Crippen molar-refractivity contribution in [2.75, 3.05) is 13.2 Å². The van der Waals surface area contributed by atoms with Gasteiger partial charge in [0.1, 0.15) is 0 Å². The Bertz CT molecular complexity index is 1870. The normalized spacial score (nSPS) is 14.8. The minimum absolute atomic E-state index is 0.113. The van der Waals surface area contributed by atoms with Crippen molar-refractivity contribution >= 4 is 19.1 Å². The number of ether oxygens (including phenoxy) is 3. The van der Waals surface area contributed by atoms with E-state index in [0.717, 1.165) is 17.7 Å². The lowest BCUT2D eigenvalue weighted by atomic mass is 9.66. The number of benzene rings is 4. The molecule has 2 unspecified atom stereocenters. The molecule has 55 heavy (non-hydrogen) atoms. The van der Waals surface area contributed by atoms with Crippen molar-refractivity contribution in [1.82, 2.24) is 0 Å². The molecule has 0 aliphatic rings. The zero-order valence-corrected chi connectivity index (χ0v) is 33.9. The van der Waals surface area contributed by atoms with Crippen molar-refractivity contribution in [3.05, 3.63) is 143 Å². The molecular weight excluding hydrogens is 725 g/mol. The summed E-state index contributed by atoms with van der Waals surface area (Å²) in [6.45, 7) is 12.8. The van der Waals surface area contributed by atoms with Gasteiger partial charge in [-0.15, -0.1) is 0 Å². The Kier molecular flexibility index (Phi) is 14.2. The molecule has 0 N–H and O–H groups in total. The average Bonchev–Trinajstić information content (AvgIpc) is 3.13. The number of esters is 1. The standard InChI is InChI=1S/C44H53F2O8P/c1-9-51-38(47)44(45,46)37-27-25-36(26-28-37)42(8,32-50-30-34-21-15-11-16-22-34)43(29-33-19-13-10-14-20-33,52-31-35-23-17-12-18-24-35)39(48)55(49,53-40(2,3)4)54-41(5,6)7/h10-28H,9,29-32H2,1-8H3. The van der Waals surface area contributed by atoms with Crippen LogP contribution >= 0.6 is 7.60 Å². The van der Waals surface area contributed by atoms with Crippen molar-refractivity contribution in [1.29, 1.82) is 0 Å². The van der Waals surface area contributed by atoms with E-state index in [4.69, 9.17) is 18.5 Å². The van der Waals surface area contributed by atoms with Crippen molar-refractivity contribution in [3.8, 4) is 0 Å². The van der Waals surface area contributed by atoms with Crippen LogP contribution in [0.3, 0.4) is 0 Å². The first kappa shape index (κ1) is 43.7. The molecule has 0 fully saturated rings. The fourth-order valence-corrected chi connectivity index (χ4v) is 8.73. The predicted molar refractivity (Wildman–Crippen MR) is 209 cm³/mol. The smallest absolute Gasteiger partial charge is 0.400 e. The van der Waals surface area contributed by atoms with Crippen LogP contribution in [0.2, 0.25) is 0 Å². The quantitative estimate of drug-likeness (QED) is 0.0728. The molecule has 0 amide bonds. The van der Waals surface area contributed by atoms with Crippen LogP contribution in [-0.4, -0.2) is 41.5 Å². The average molecular weight is 779 g/mol. The summed E-state index contributed by atoms with van der Waals surface area (Å²) in [7, 11) is -4.80. The van der Waals surface area contributed by atoms with E-state index in [9.17, 15) is 4.79 Å². The zero-order chi connectivity index (χ0) is 40.5. The monoisotopic (exact) mass is 778 g/mol. The van der Waals surface area contributed by atoms with Crippen LogP contribution in [-0.2, 0) is 68.4 Å². The van der Waals surface area contributed by atoms with Crippen molar-refractivity contribution in [3.63, 3.8) is 0 Å². The molecule has 2 atom stereocenters. The van der Waals surface area contributed by atoms with E-state index in [1.165, 1.54) is 19.1 Å². The maximum atomic E-state index is 15.8. The lowest BCUT2D eigenvalue weighted by Crippen LogP contribution is -2.61. The highest BCUT2D eigenvalue weighted by molar-refractivity contribution is 7.72. The molecule has 0 bridgehead atoms. The molecule has 0 saturated heterocycles. The number of rotatable bonds is 18. The maximum absolute atomic E-state index is 15.8. The Balaban J connectivity index is 2.05. The van der Waals surface area contributed by atoms with Crippen LogP contribution in [0, 0.1) is 0 Å². The lowest BCUT2D eigenvalue weighted by Gasteiger charge is -2.49. The molecule has 0 spiro atoms. The summed E-state index contributed by atoms with van der Waals surface area (Å²) in [6, 6.07) is 32.8. The molecular formula is C44H53F2O8P. The maximum Gasteiger partial charge on any atom is 0.400 e. The number of carbonyl (C=O) groups is 2. The van der Waals surface area contributed by atoms with Crippen LogP contribution in [0.1, 0.15) is 83.2 Å². The highest BCUT2D eigenvalue weighted by atomic mass is 31.2. The number of hydrogen-bond donors (Lipinski definition) is 0. The van der Waals surface area contributed by atoms with E-state index in [-0.39, 0.29) is 32.8 Å². The summed E-state index contributed by atoms with van der Waals surface area (Å²) >= 11 is 0. The minimum atomic E-state index is -4.80. The molecule has 296 valence electrons. The summed E-state index contributed by atoms with van der Waals surface area (Å²) in [5.74, 6) is -5.64. The van der Waals surface area contributed by atoms with Gasteiger partial charge in [0.15, 0.2) is 5.60 Å². The topological polar surface area (TPSA) is 97.4 Å². The van der Waals surface area contributed by atoms with Crippen LogP contribution in [0.15, 0.2) is 115 Å². The third-order valence-corrected chi connectivity index (χ3v) is 11.3. The van der Waals surface area contributed by atoms with Crippen LogP contribution in [0.4, 0.5) is 8.78 Å². The van der Waals surface area contributed by atoms with Gasteiger partial charge in [-0.05, 0) is 70.7 Å². The van der Waals surface area contributed by atoms with Crippen molar-refractivity contribution in [2.45, 2.75) is 103 Å². The third kappa shape index (κ3) is 11.0. The molecule has 0 radical (unpaired) electrons. The van der Waals surface area contributed by atoms with Gasteiger partial charge in [-0.3, -0.25) is 18.4 Å². The molecule has 11 heteroatoms. The summed E-state index contributed by atoms with van der Waals surface area (Å²) in [6.07, 6.45) is -0.142. The molecule has 0 saturated carbocycles. The van der Waals surface area contributed by atoms with Gasteiger partial charge in [-0.25, -0.2) is 4.79 Å². The second-order valence-electron chi connectivity index (χ2n) is 15.7. The highest BCUT2D eigenvalue weighted by Crippen LogP contribution is 2.61. The summed E-state index contributed by atoms with van der Waals surface area (Å²) in [5, 5.41) is 0. The van der Waals surface area contributed by atoms with E-state index < -0.39 is 52.8 Å². The molecule has 4 rings (SSSR count). The first-order valence-corrected chi connectivity index (χ1v) is 19.8. The SMILES string of the molecule is CCOC(=O)C(F)(F)c1ccc(C(C)(COCc2ccccc2)C(Cc2ccccc2)(OCc2ccccc2)C(=O)P(=O)(OC(C)(C)C)OC(C)(C)C)cc1. The number of hydrogen-bond acceptors (Lipinski definition) is 8. The van der Waals surface area contributed by atoms with Crippen molar-refractivity contribution in [2.24, 2.45) is 0 Å². The van der Waals surface area contributed by atoms with Crippen LogP contribution in [0.25, 0.3) is 0 Å². The summed E-state index contributed by atoms with van der Waals surface area (Å²) in [4.78, 5) is 28.2. The van der Waals surface area contributed by atoms with Gasteiger partial charge in [0.05, 0.1) is 43.0 Å². The second kappa shape index (κ2) is 17.8. The van der Waals surface area contributed by atoms with E-state index >= 15 is 18.1 Å². The van der Waals surface area contributed by atoms with Gasteiger partial charge in [0, 0.05) is 12.0 Å². The molecule has 0 aromatic heterocycles. The number of carbonyl (C=O) groups excluding carboxylic acids is 2. The van der Waals surface area contributed by atoms with E-state index in [0.29, 0.717) is 16.7 Å². The lowest BCUT2D eigenvalue weighted by molar-refractivity contribution is -0.173. The first-order valence-electron chi connectivity index (χ1n) is 18.3. The van der Waals surface area contributed by atoms with Gasteiger partial charge >= 0.3 is 19.5 Å². The summed E-state index contributed by atoms with van der Waals surface area (Å²) < 4.78 is 76.5. The van der Waals surface area contributed by atoms with Gasteiger partial charge in [-0.2, -0.15) is 8.78 Å². The number of halogens is 2. The Morgan fingerprint density at radius 2 is 1.05 bits per heavy atom. The fourth-order valence-electron chi connectivity index (χ4n) is 6.25. The Morgan fingerprint density at radius 1 is 0.618 bits per heavy atom.